The van der Waals surface area contributed by atoms with Crippen LogP contribution in [0.5, 0.6) is 0 Å². The molecule has 22 heavy (non-hydrogen) atoms. The molecule has 0 aliphatic carbocycles. The third-order valence-corrected chi connectivity index (χ3v) is 3.86. The van der Waals surface area contributed by atoms with Crippen LogP contribution in [0.1, 0.15) is 17.0 Å². The van der Waals surface area contributed by atoms with Crippen molar-refractivity contribution in [3.05, 3.63) is 56.8 Å². The van der Waals surface area contributed by atoms with Crippen LogP contribution in [0.25, 0.3) is 5.69 Å². The van der Waals surface area contributed by atoms with Crippen LogP contribution >= 0.6 is 24.4 Å². The van der Waals surface area contributed by atoms with Crippen LogP contribution in [0.4, 0.5) is 0 Å². The Balaban J connectivity index is 2.05. The van der Waals surface area contributed by atoms with Gasteiger partial charge in [-0.15, -0.1) is 0 Å². The molecule has 0 aliphatic heterocycles. The van der Waals surface area contributed by atoms with E-state index < -0.39 is 0 Å². The molecule has 0 saturated heterocycles. The van der Waals surface area contributed by atoms with E-state index >= 15 is 0 Å². The number of nitrogens with zero attached hydrogens (tertiary/aromatic N) is 4. The molecule has 0 radical (unpaired) electrons. The minimum atomic E-state index is 0.423. The summed E-state index contributed by atoms with van der Waals surface area (Å²) in [7, 11) is 0. The van der Waals surface area contributed by atoms with E-state index in [9.17, 15) is 0 Å². The summed E-state index contributed by atoms with van der Waals surface area (Å²) in [6.07, 6.45) is 1.73. The molecule has 6 nitrogen and oxygen atoms in total. The first-order chi connectivity index (χ1) is 10.6. The molecule has 3 rings (SSSR count). The van der Waals surface area contributed by atoms with Crippen LogP contribution in [0.3, 0.4) is 0 Å². The van der Waals surface area contributed by atoms with Crippen molar-refractivity contribution in [2.45, 2.75) is 13.8 Å². The van der Waals surface area contributed by atoms with Crippen molar-refractivity contribution in [2.24, 2.45) is 5.10 Å². The summed E-state index contributed by atoms with van der Waals surface area (Å²) in [6.45, 7) is 3.95. The predicted molar refractivity (Wildman–Crippen MR) is 90.8 cm³/mol. The second kappa shape index (κ2) is 5.82. The minimum Gasteiger partial charge on any atom is -0.273 e. The predicted octanol–water partition coefficient (Wildman–Crippen LogP) is 3.29. The molecule has 0 saturated carbocycles. The summed E-state index contributed by atoms with van der Waals surface area (Å²) in [5, 5.41) is 14.4. The van der Waals surface area contributed by atoms with Gasteiger partial charge in [-0.2, -0.15) is 14.9 Å². The van der Waals surface area contributed by atoms with Crippen LogP contribution in [0, 0.1) is 23.4 Å². The van der Waals surface area contributed by atoms with Crippen molar-refractivity contribution in [3.8, 4) is 5.69 Å². The number of H-pyrrole nitrogens is 2. The van der Waals surface area contributed by atoms with Gasteiger partial charge >= 0.3 is 0 Å². The lowest BCUT2D eigenvalue weighted by Crippen LogP contribution is -1.99. The molecule has 2 N–H and O–H groups in total. The molecule has 0 spiro atoms. The van der Waals surface area contributed by atoms with Crippen molar-refractivity contribution in [3.63, 3.8) is 0 Å². The molecule has 8 heteroatoms. The van der Waals surface area contributed by atoms with Crippen molar-refractivity contribution < 1.29 is 0 Å². The standard InChI is InChI=1S/C14H14N6S2/c1-9-12(8-15-20-13(21)16-17-14(20)22)10(2)19(18-9)11-6-4-3-5-7-11/h3-8H,1-2H3,(H,16,21)(H,17,22)/b15-8+. The van der Waals surface area contributed by atoms with Crippen LogP contribution in [0.2, 0.25) is 0 Å². The van der Waals surface area contributed by atoms with Gasteiger partial charge in [0.25, 0.3) is 0 Å². The first-order valence-electron chi connectivity index (χ1n) is 6.63. The fourth-order valence-corrected chi connectivity index (χ4v) is 2.62. The highest BCUT2D eigenvalue weighted by atomic mass is 32.1. The SMILES string of the molecule is Cc1nn(-c2ccccc2)c(C)c1/C=N/n1c(=S)[nH][nH]c1=S. The highest BCUT2D eigenvalue weighted by Crippen LogP contribution is 2.16. The van der Waals surface area contributed by atoms with Crippen LogP contribution in [0.15, 0.2) is 35.4 Å². The molecule has 1 aromatic carbocycles. The van der Waals surface area contributed by atoms with Gasteiger partial charge < -0.3 is 0 Å². The van der Waals surface area contributed by atoms with Crippen molar-refractivity contribution >= 4 is 30.7 Å². The van der Waals surface area contributed by atoms with Gasteiger partial charge in [-0.1, -0.05) is 18.2 Å². The highest BCUT2D eigenvalue weighted by molar-refractivity contribution is 7.72. The molecule has 0 amide bonds. The van der Waals surface area contributed by atoms with E-state index in [4.69, 9.17) is 24.4 Å². The van der Waals surface area contributed by atoms with Crippen LogP contribution < -0.4 is 0 Å². The number of hydrogen-bond acceptors (Lipinski definition) is 4. The van der Waals surface area contributed by atoms with Gasteiger partial charge in [0.15, 0.2) is 0 Å². The van der Waals surface area contributed by atoms with Gasteiger partial charge in [0.05, 0.1) is 23.3 Å². The number of nitrogens with one attached hydrogen (secondary N) is 2. The fourth-order valence-electron chi connectivity index (χ4n) is 2.19. The normalized spacial score (nSPS) is 11.4. The van der Waals surface area contributed by atoms with Gasteiger partial charge in [-0.25, -0.2) is 4.68 Å². The molecule has 0 atom stereocenters. The molecule has 3 aromatic rings. The Kier molecular flexibility index (Phi) is 3.86. The van der Waals surface area contributed by atoms with Gasteiger partial charge in [0.1, 0.15) is 0 Å². The van der Waals surface area contributed by atoms with Crippen molar-refractivity contribution in [1.29, 1.82) is 0 Å². The summed E-state index contributed by atoms with van der Waals surface area (Å²) >= 11 is 10.2. The van der Waals surface area contributed by atoms with E-state index in [2.05, 4.69) is 20.4 Å². The molecular formula is C14H14N6S2. The zero-order valence-corrected chi connectivity index (χ0v) is 13.7. The number of benzene rings is 1. The smallest absolute Gasteiger partial charge is 0.215 e. The Morgan fingerprint density at radius 1 is 1.09 bits per heavy atom. The second-order valence-corrected chi connectivity index (χ2v) is 5.52. The quantitative estimate of drug-likeness (QED) is 0.572. The number of rotatable bonds is 3. The maximum Gasteiger partial charge on any atom is 0.215 e. The van der Waals surface area contributed by atoms with Crippen LogP contribution in [-0.4, -0.2) is 30.9 Å². The zero-order chi connectivity index (χ0) is 15.7. The van der Waals surface area contributed by atoms with Crippen molar-refractivity contribution in [1.82, 2.24) is 24.7 Å². The summed E-state index contributed by atoms with van der Waals surface area (Å²) in [6, 6.07) is 9.97. The first kappa shape index (κ1) is 14.6. The van der Waals surface area contributed by atoms with Crippen LogP contribution in [-0.2, 0) is 0 Å². The molecule has 2 heterocycles. The van der Waals surface area contributed by atoms with E-state index in [0.717, 1.165) is 22.6 Å². The minimum absolute atomic E-state index is 0.423. The van der Waals surface area contributed by atoms with Gasteiger partial charge in [-0.05, 0) is 50.4 Å². The molecule has 0 bridgehead atoms. The average molecular weight is 330 g/mol. The van der Waals surface area contributed by atoms with E-state index in [1.54, 1.807) is 6.21 Å². The highest BCUT2D eigenvalue weighted by Gasteiger charge is 2.11. The fraction of sp³-hybridized carbons (Fsp3) is 0.143. The lowest BCUT2D eigenvalue weighted by atomic mass is 10.2. The Bertz CT molecular complexity index is 914. The van der Waals surface area contributed by atoms with Gasteiger partial charge in [-0.3, -0.25) is 10.2 Å². The number of aromatic amines is 2. The molecular weight excluding hydrogens is 316 g/mol. The summed E-state index contributed by atoms with van der Waals surface area (Å²) < 4.78 is 4.20. The molecule has 0 unspecified atom stereocenters. The lowest BCUT2D eigenvalue weighted by molar-refractivity contribution is 0.833. The first-order valence-corrected chi connectivity index (χ1v) is 7.45. The Morgan fingerprint density at radius 2 is 1.73 bits per heavy atom. The maximum atomic E-state index is 5.11. The Labute approximate surface area is 137 Å². The third-order valence-electron chi connectivity index (χ3n) is 3.31. The monoisotopic (exact) mass is 330 g/mol. The average Bonchev–Trinajstić information content (AvgIpc) is 2.99. The number of hydrogen-bond donors (Lipinski definition) is 2. The third kappa shape index (κ3) is 2.58. The zero-order valence-electron chi connectivity index (χ0n) is 12.1. The summed E-state index contributed by atoms with van der Waals surface area (Å²) in [4.78, 5) is 0. The second-order valence-electron chi connectivity index (χ2n) is 4.75. The summed E-state index contributed by atoms with van der Waals surface area (Å²) in [5.74, 6) is 0. The molecule has 0 aliphatic rings. The van der Waals surface area contributed by atoms with E-state index in [0.29, 0.717) is 9.54 Å². The molecule has 112 valence electrons. The Morgan fingerprint density at radius 3 is 2.36 bits per heavy atom. The van der Waals surface area contributed by atoms with E-state index in [-0.39, 0.29) is 0 Å². The van der Waals surface area contributed by atoms with E-state index in [1.165, 1.54) is 4.68 Å². The Hall–Kier alpha value is -2.32. The summed E-state index contributed by atoms with van der Waals surface area (Å²) in [5.41, 5.74) is 3.85. The maximum absolute atomic E-state index is 5.11. The number of para-hydroxylation sites is 1. The van der Waals surface area contributed by atoms with Crippen molar-refractivity contribution in [2.75, 3.05) is 0 Å². The topological polar surface area (TPSA) is 66.7 Å². The van der Waals surface area contributed by atoms with Gasteiger partial charge in [0, 0.05) is 5.56 Å². The molecule has 2 aromatic heterocycles. The largest absolute Gasteiger partial charge is 0.273 e. The van der Waals surface area contributed by atoms with E-state index in [1.807, 2.05) is 48.9 Å². The lowest BCUT2D eigenvalue weighted by Gasteiger charge is -2.03. The number of aromatic nitrogens is 5. The van der Waals surface area contributed by atoms with Gasteiger partial charge in [0.2, 0.25) is 9.54 Å². The molecule has 0 fully saturated rings. The number of aryl methyl sites for hydroxylation is 1.